The summed E-state index contributed by atoms with van der Waals surface area (Å²) in [6.07, 6.45) is 1.79. The molecule has 0 aliphatic carbocycles. The Kier molecular flexibility index (Phi) is 2.67. The highest BCUT2D eigenvalue weighted by molar-refractivity contribution is 5.92. The first-order valence-electron chi connectivity index (χ1n) is 3.88. The summed E-state index contributed by atoms with van der Waals surface area (Å²) in [5.41, 5.74) is 1.27. The maximum absolute atomic E-state index is 11.5. The molecule has 72 valence electrons. The molecule has 0 aromatic carbocycles. The Bertz CT molecular complexity index is 319. The molecule has 13 heavy (non-hydrogen) atoms. The van der Waals surface area contributed by atoms with Crippen molar-refractivity contribution in [3.63, 3.8) is 0 Å². The Balaban J connectivity index is 2.94. The molecule has 0 aliphatic rings. The van der Waals surface area contributed by atoms with E-state index in [-0.39, 0.29) is 5.91 Å². The number of carbonyl (C=O) groups is 1. The average molecular weight is 183 g/mol. The highest BCUT2D eigenvalue weighted by Crippen LogP contribution is 2.06. The van der Waals surface area contributed by atoms with E-state index in [0.29, 0.717) is 5.69 Å². The number of nitrogens with zero attached hydrogens (tertiary/aromatic N) is 3. The molecule has 0 radical (unpaired) electrons. The van der Waals surface area contributed by atoms with E-state index in [1.54, 1.807) is 25.0 Å². The number of hydrogen-bond donors (Lipinski definition) is 0. The number of aromatic nitrogens is 2. The van der Waals surface area contributed by atoms with Crippen LogP contribution in [0.15, 0.2) is 6.20 Å². The van der Waals surface area contributed by atoms with E-state index in [1.807, 2.05) is 6.92 Å². The van der Waals surface area contributed by atoms with Crippen LogP contribution in [0.25, 0.3) is 0 Å². The SMILES string of the molecule is CON(C)C(=O)c1nn(C)cc1C. The van der Waals surface area contributed by atoms with Crippen LogP contribution < -0.4 is 0 Å². The Morgan fingerprint density at radius 2 is 2.31 bits per heavy atom. The van der Waals surface area contributed by atoms with Crippen molar-refractivity contribution in [1.82, 2.24) is 14.8 Å². The van der Waals surface area contributed by atoms with E-state index in [4.69, 9.17) is 4.84 Å². The zero-order valence-corrected chi connectivity index (χ0v) is 8.24. The van der Waals surface area contributed by atoms with Gasteiger partial charge in [-0.2, -0.15) is 5.10 Å². The quantitative estimate of drug-likeness (QED) is 0.622. The van der Waals surface area contributed by atoms with E-state index >= 15 is 0 Å². The van der Waals surface area contributed by atoms with Crippen LogP contribution in [-0.2, 0) is 11.9 Å². The summed E-state index contributed by atoms with van der Waals surface area (Å²) >= 11 is 0. The van der Waals surface area contributed by atoms with E-state index in [9.17, 15) is 4.79 Å². The molecule has 0 N–H and O–H groups in total. The van der Waals surface area contributed by atoms with Gasteiger partial charge in [0.05, 0.1) is 7.11 Å². The number of aryl methyl sites for hydroxylation is 2. The molecule has 5 nitrogen and oxygen atoms in total. The monoisotopic (exact) mass is 183 g/mol. The molecule has 0 fully saturated rings. The zero-order valence-electron chi connectivity index (χ0n) is 8.24. The van der Waals surface area contributed by atoms with Gasteiger partial charge in [0, 0.05) is 25.9 Å². The van der Waals surface area contributed by atoms with Crippen molar-refractivity contribution in [2.24, 2.45) is 7.05 Å². The fourth-order valence-electron chi connectivity index (χ4n) is 1.05. The van der Waals surface area contributed by atoms with Gasteiger partial charge in [-0.05, 0) is 6.92 Å². The minimum Gasteiger partial charge on any atom is -0.275 e. The summed E-state index contributed by atoms with van der Waals surface area (Å²) in [7, 11) is 4.77. The van der Waals surface area contributed by atoms with Gasteiger partial charge in [-0.3, -0.25) is 14.3 Å². The van der Waals surface area contributed by atoms with Crippen LogP contribution in [0.4, 0.5) is 0 Å². The van der Waals surface area contributed by atoms with Crippen LogP contribution in [0.2, 0.25) is 0 Å². The molecule has 0 saturated carbocycles. The predicted octanol–water partition coefficient (Wildman–Crippen LogP) is 0.362. The van der Waals surface area contributed by atoms with Gasteiger partial charge in [-0.1, -0.05) is 0 Å². The lowest BCUT2D eigenvalue weighted by Crippen LogP contribution is -2.26. The summed E-state index contributed by atoms with van der Waals surface area (Å²) in [6, 6.07) is 0. The van der Waals surface area contributed by atoms with Crippen molar-refractivity contribution >= 4 is 5.91 Å². The van der Waals surface area contributed by atoms with Crippen LogP contribution in [0.3, 0.4) is 0 Å². The molecule has 1 amide bonds. The van der Waals surface area contributed by atoms with Gasteiger partial charge in [-0.25, -0.2) is 5.06 Å². The molecule has 1 aromatic heterocycles. The smallest absolute Gasteiger partial charge is 0.275 e. The molecule has 0 aliphatic heterocycles. The van der Waals surface area contributed by atoms with E-state index < -0.39 is 0 Å². The molecule has 1 heterocycles. The number of hydrogen-bond acceptors (Lipinski definition) is 3. The van der Waals surface area contributed by atoms with Gasteiger partial charge < -0.3 is 0 Å². The number of hydroxylamine groups is 2. The normalized spacial score (nSPS) is 10.2. The van der Waals surface area contributed by atoms with Gasteiger partial charge in [0.2, 0.25) is 0 Å². The van der Waals surface area contributed by atoms with Crippen LogP contribution in [0, 0.1) is 6.92 Å². The van der Waals surface area contributed by atoms with E-state index in [1.165, 1.54) is 7.11 Å². The van der Waals surface area contributed by atoms with Gasteiger partial charge in [0.15, 0.2) is 5.69 Å². The molecule has 0 unspecified atom stereocenters. The molecule has 0 saturated heterocycles. The molecular weight excluding hydrogens is 170 g/mol. The largest absolute Gasteiger partial charge is 0.297 e. The van der Waals surface area contributed by atoms with E-state index in [2.05, 4.69) is 5.10 Å². The lowest BCUT2D eigenvalue weighted by atomic mass is 10.3. The van der Waals surface area contributed by atoms with Gasteiger partial charge in [0.1, 0.15) is 0 Å². The first-order chi connectivity index (χ1) is 6.06. The van der Waals surface area contributed by atoms with Crippen molar-refractivity contribution in [3.8, 4) is 0 Å². The van der Waals surface area contributed by atoms with Gasteiger partial charge in [0.25, 0.3) is 5.91 Å². The molecule has 1 rings (SSSR count). The van der Waals surface area contributed by atoms with Crippen LogP contribution in [0.5, 0.6) is 0 Å². The third-order valence-corrected chi connectivity index (χ3v) is 1.77. The number of rotatable bonds is 2. The van der Waals surface area contributed by atoms with Gasteiger partial charge >= 0.3 is 0 Å². The summed E-state index contributed by atoms with van der Waals surface area (Å²) in [4.78, 5) is 16.3. The highest BCUT2D eigenvalue weighted by Gasteiger charge is 2.17. The Morgan fingerprint density at radius 3 is 2.69 bits per heavy atom. The Labute approximate surface area is 76.9 Å². The van der Waals surface area contributed by atoms with Gasteiger partial charge in [-0.15, -0.1) is 0 Å². The van der Waals surface area contributed by atoms with Crippen molar-refractivity contribution in [2.45, 2.75) is 6.92 Å². The lowest BCUT2D eigenvalue weighted by Gasteiger charge is -2.11. The fourth-order valence-corrected chi connectivity index (χ4v) is 1.05. The molecule has 1 aromatic rings. The summed E-state index contributed by atoms with van der Waals surface area (Å²) in [5, 5.41) is 5.17. The minimum atomic E-state index is -0.236. The third-order valence-electron chi connectivity index (χ3n) is 1.77. The maximum atomic E-state index is 11.5. The molecule has 0 atom stereocenters. The predicted molar refractivity (Wildman–Crippen MR) is 47.0 cm³/mol. The molecule has 0 spiro atoms. The van der Waals surface area contributed by atoms with Crippen molar-refractivity contribution in [1.29, 1.82) is 0 Å². The van der Waals surface area contributed by atoms with Crippen LogP contribution in [0.1, 0.15) is 16.1 Å². The summed E-state index contributed by atoms with van der Waals surface area (Å²) in [5.74, 6) is -0.236. The topological polar surface area (TPSA) is 47.4 Å². The number of amides is 1. The molecule has 5 heteroatoms. The number of carbonyl (C=O) groups excluding carboxylic acids is 1. The standard InChI is InChI=1S/C8H13N3O2/c1-6-5-10(2)9-7(6)8(12)11(3)13-4/h5H,1-4H3. The van der Waals surface area contributed by atoms with Crippen molar-refractivity contribution in [3.05, 3.63) is 17.5 Å². The molecule has 0 bridgehead atoms. The average Bonchev–Trinajstić information content (AvgIpc) is 2.42. The first kappa shape index (κ1) is 9.73. The Hall–Kier alpha value is -1.36. The first-order valence-corrected chi connectivity index (χ1v) is 3.88. The summed E-state index contributed by atoms with van der Waals surface area (Å²) < 4.78 is 1.60. The second-order valence-corrected chi connectivity index (χ2v) is 2.82. The maximum Gasteiger partial charge on any atom is 0.297 e. The lowest BCUT2D eigenvalue weighted by molar-refractivity contribution is -0.0761. The van der Waals surface area contributed by atoms with Crippen LogP contribution >= 0.6 is 0 Å². The fraction of sp³-hybridized carbons (Fsp3) is 0.500. The third kappa shape index (κ3) is 1.86. The second-order valence-electron chi connectivity index (χ2n) is 2.82. The zero-order chi connectivity index (χ0) is 10.0. The van der Waals surface area contributed by atoms with E-state index in [0.717, 1.165) is 10.6 Å². The summed E-state index contributed by atoms with van der Waals surface area (Å²) in [6.45, 7) is 1.84. The molecular formula is C8H13N3O2. The van der Waals surface area contributed by atoms with Crippen LogP contribution in [-0.4, -0.2) is 34.9 Å². The van der Waals surface area contributed by atoms with Crippen molar-refractivity contribution in [2.75, 3.05) is 14.2 Å². The Morgan fingerprint density at radius 1 is 1.69 bits per heavy atom. The van der Waals surface area contributed by atoms with Crippen molar-refractivity contribution < 1.29 is 9.63 Å². The second kappa shape index (κ2) is 3.57. The highest BCUT2D eigenvalue weighted by atomic mass is 16.7. The minimum absolute atomic E-state index is 0.236.